The molecule has 1 N–H and O–H groups in total. The van der Waals surface area contributed by atoms with Crippen molar-refractivity contribution in [2.75, 3.05) is 20.6 Å². The lowest BCUT2D eigenvalue weighted by molar-refractivity contribution is 0.0808. The minimum atomic E-state index is 0.282. The molecule has 1 heterocycles. The van der Waals surface area contributed by atoms with Gasteiger partial charge in [-0.15, -0.1) is 0 Å². The molecular weight excluding hydrogens is 248 g/mol. The molecule has 1 fully saturated rings. The number of furan rings is 1. The molecule has 0 bridgehead atoms. The quantitative estimate of drug-likeness (QED) is 0.808. The van der Waals surface area contributed by atoms with Crippen LogP contribution in [0.5, 0.6) is 0 Å². The van der Waals surface area contributed by atoms with Crippen LogP contribution < -0.4 is 5.32 Å². The third-order valence-electron chi connectivity index (χ3n) is 4.98. The van der Waals surface area contributed by atoms with Crippen molar-refractivity contribution in [2.45, 2.75) is 63.5 Å². The van der Waals surface area contributed by atoms with Crippen LogP contribution >= 0.6 is 0 Å². The van der Waals surface area contributed by atoms with E-state index in [-0.39, 0.29) is 5.54 Å². The first-order valence-electron chi connectivity index (χ1n) is 8.11. The molecule has 0 aromatic carbocycles. The summed E-state index contributed by atoms with van der Waals surface area (Å²) >= 11 is 0. The maximum Gasteiger partial charge on any atom is 0.0935 e. The molecule has 1 saturated carbocycles. The lowest BCUT2D eigenvalue weighted by Crippen LogP contribution is -2.59. The van der Waals surface area contributed by atoms with E-state index in [0.717, 1.165) is 13.0 Å². The Morgan fingerprint density at radius 1 is 1.25 bits per heavy atom. The molecule has 1 aromatic rings. The zero-order valence-corrected chi connectivity index (χ0v) is 13.3. The first-order valence-corrected chi connectivity index (χ1v) is 8.11. The smallest absolute Gasteiger partial charge is 0.0935 e. The second kappa shape index (κ2) is 7.28. The van der Waals surface area contributed by atoms with E-state index in [1.54, 1.807) is 6.26 Å². The van der Waals surface area contributed by atoms with E-state index >= 15 is 0 Å². The highest BCUT2D eigenvalue weighted by Crippen LogP contribution is 2.35. The molecule has 114 valence electrons. The van der Waals surface area contributed by atoms with Gasteiger partial charge < -0.3 is 14.6 Å². The van der Waals surface area contributed by atoms with Gasteiger partial charge >= 0.3 is 0 Å². The third-order valence-corrected chi connectivity index (χ3v) is 4.98. The van der Waals surface area contributed by atoms with Crippen molar-refractivity contribution in [3.63, 3.8) is 0 Å². The van der Waals surface area contributed by atoms with E-state index in [1.165, 1.54) is 44.1 Å². The van der Waals surface area contributed by atoms with Gasteiger partial charge in [0.05, 0.1) is 12.5 Å². The normalized spacial score (nSPS) is 20.8. The number of rotatable bonds is 6. The van der Waals surface area contributed by atoms with E-state index < -0.39 is 0 Å². The van der Waals surface area contributed by atoms with Crippen LogP contribution in [0.15, 0.2) is 23.0 Å². The van der Waals surface area contributed by atoms with Crippen LogP contribution in [-0.4, -0.2) is 37.1 Å². The molecule has 0 saturated heterocycles. The fourth-order valence-corrected chi connectivity index (χ4v) is 3.79. The summed E-state index contributed by atoms with van der Waals surface area (Å²) in [6.45, 7) is 3.24. The molecule has 0 spiro atoms. The van der Waals surface area contributed by atoms with Crippen LogP contribution in [0.1, 0.15) is 51.0 Å². The molecule has 1 aliphatic rings. The maximum absolute atomic E-state index is 5.26. The molecule has 1 aromatic heterocycles. The Labute approximate surface area is 123 Å². The predicted molar refractivity (Wildman–Crippen MR) is 84.0 cm³/mol. The largest absolute Gasteiger partial charge is 0.472 e. The summed E-state index contributed by atoms with van der Waals surface area (Å²) in [5.74, 6) is 0. The summed E-state index contributed by atoms with van der Waals surface area (Å²) in [6.07, 6.45) is 12.8. The Morgan fingerprint density at radius 3 is 2.45 bits per heavy atom. The van der Waals surface area contributed by atoms with Crippen molar-refractivity contribution in [1.82, 2.24) is 10.2 Å². The highest BCUT2D eigenvalue weighted by atomic mass is 16.3. The van der Waals surface area contributed by atoms with Crippen molar-refractivity contribution in [1.29, 1.82) is 0 Å². The Hall–Kier alpha value is -0.800. The SMILES string of the molecule is CCNC(Cc1ccoc1)C1(N(C)C)CCCCCC1. The second-order valence-electron chi connectivity index (χ2n) is 6.36. The molecule has 0 amide bonds. The van der Waals surface area contributed by atoms with E-state index in [1.807, 2.05) is 6.26 Å². The van der Waals surface area contributed by atoms with E-state index in [0.29, 0.717) is 6.04 Å². The van der Waals surface area contributed by atoms with E-state index in [9.17, 15) is 0 Å². The third kappa shape index (κ3) is 3.44. The fourth-order valence-electron chi connectivity index (χ4n) is 3.79. The molecule has 2 rings (SSSR count). The van der Waals surface area contributed by atoms with Gasteiger partial charge in [0.25, 0.3) is 0 Å². The summed E-state index contributed by atoms with van der Waals surface area (Å²) in [5, 5.41) is 3.76. The minimum Gasteiger partial charge on any atom is -0.472 e. The molecular formula is C17H30N2O. The van der Waals surface area contributed by atoms with Crippen molar-refractivity contribution in [3.05, 3.63) is 24.2 Å². The fraction of sp³-hybridized carbons (Fsp3) is 0.765. The van der Waals surface area contributed by atoms with Gasteiger partial charge in [0.15, 0.2) is 0 Å². The molecule has 0 radical (unpaired) electrons. The van der Waals surface area contributed by atoms with Gasteiger partial charge in [-0.25, -0.2) is 0 Å². The first-order chi connectivity index (χ1) is 9.69. The minimum absolute atomic E-state index is 0.282. The van der Waals surface area contributed by atoms with Crippen molar-refractivity contribution in [3.8, 4) is 0 Å². The van der Waals surface area contributed by atoms with Gasteiger partial charge in [0.2, 0.25) is 0 Å². The zero-order valence-electron chi connectivity index (χ0n) is 13.3. The molecule has 3 heteroatoms. The van der Waals surface area contributed by atoms with Gasteiger partial charge in [0, 0.05) is 11.6 Å². The summed E-state index contributed by atoms with van der Waals surface area (Å²) in [5.41, 5.74) is 1.59. The summed E-state index contributed by atoms with van der Waals surface area (Å²) in [7, 11) is 4.51. The van der Waals surface area contributed by atoms with Crippen molar-refractivity contribution >= 4 is 0 Å². The van der Waals surface area contributed by atoms with E-state index in [2.05, 4.69) is 37.3 Å². The summed E-state index contributed by atoms with van der Waals surface area (Å²) < 4.78 is 5.26. The average Bonchev–Trinajstić information content (AvgIpc) is 2.80. The average molecular weight is 278 g/mol. The highest BCUT2D eigenvalue weighted by Gasteiger charge is 2.40. The zero-order chi connectivity index (χ0) is 14.4. The van der Waals surface area contributed by atoms with Crippen LogP contribution in [-0.2, 0) is 6.42 Å². The second-order valence-corrected chi connectivity index (χ2v) is 6.36. The van der Waals surface area contributed by atoms with Gasteiger partial charge in [-0.3, -0.25) is 0 Å². The van der Waals surface area contributed by atoms with Crippen LogP contribution in [0.25, 0.3) is 0 Å². The monoisotopic (exact) mass is 278 g/mol. The summed E-state index contributed by atoms with van der Waals surface area (Å²) in [4.78, 5) is 2.48. The number of nitrogens with one attached hydrogen (secondary N) is 1. The highest BCUT2D eigenvalue weighted by molar-refractivity contribution is 5.12. The van der Waals surface area contributed by atoms with Gasteiger partial charge in [-0.1, -0.05) is 32.6 Å². The number of nitrogens with zero attached hydrogens (tertiary/aromatic N) is 1. The number of likely N-dealkylation sites (N-methyl/N-ethyl adjacent to an activating group) is 2. The van der Waals surface area contributed by atoms with Gasteiger partial charge in [-0.2, -0.15) is 0 Å². The molecule has 1 aliphatic carbocycles. The van der Waals surface area contributed by atoms with Crippen LogP contribution in [0.4, 0.5) is 0 Å². The van der Waals surface area contributed by atoms with Crippen LogP contribution in [0.3, 0.4) is 0 Å². The van der Waals surface area contributed by atoms with Crippen LogP contribution in [0, 0.1) is 0 Å². The first kappa shape index (κ1) is 15.6. The molecule has 20 heavy (non-hydrogen) atoms. The van der Waals surface area contributed by atoms with E-state index in [4.69, 9.17) is 4.42 Å². The Balaban J connectivity index is 2.21. The molecule has 1 unspecified atom stereocenters. The Bertz CT molecular complexity index is 364. The maximum atomic E-state index is 5.26. The molecule has 0 aliphatic heterocycles. The lowest BCUT2D eigenvalue weighted by Gasteiger charge is -2.46. The molecule has 3 nitrogen and oxygen atoms in total. The Kier molecular flexibility index (Phi) is 5.67. The lowest BCUT2D eigenvalue weighted by atomic mass is 9.79. The van der Waals surface area contributed by atoms with Crippen molar-refractivity contribution in [2.24, 2.45) is 0 Å². The summed E-state index contributed by atoms with van der Waals surface area (Å²) in [6, 6.07) is 2.60. The number of hydrogen-bond donors (Lipinski definition) is 1. The van der Waals surface area contributed by atoms with Gasteiger partial charge in [0.1, 0.15) is 0 Å². The molecule has 1 atom stereocenters. The topological polar surface area (TPSA) is 28.4 Å². The Morgan fingerprint density at radius 2 is 1.95 bits per heavy atom. The predicted octanol–water partition coefficient (Wildman–Crippen LogP) is 3.45. The standard InChI is InChI=1S/C17H30N2O/c1-4-18-16(13-15-9-12-20-14-15)17(19(2)3)10-7-5-6-8-11-17/h9,12,14,16,18H,4-8,10-11,13H2,1-3H3. The number of hydrogen-bond acceptors (Lipinski definition) is 3. The van der Waals surface area contributed by atoms with Gasteiger partial charge in [-0.05, 0) is 51.5 Å². The van der Waals surface area contributed by atoms with Crippen molar-refractivity contribution < 1.29 is 4.42 Å². The van der Waals surface area contributed by atoms with Crippen LogP contribution in [0.2, 0.25) is 0 Å².